The van der Waals surface area contributed by atoms with Gasteiger partial charge in [-0.05, 0) is 19.1 Å². The summed E-state index contributed by atoms with van der Waals surface area (Å²) in [6.45, 7) is 1.62. The van der Waals surface area contributed by atoms with Gasteiger partial charge in [-0.2, -0.15) is 0 Å². The number of hydrogen-bond donors (Lipinski definition) is 2. The number of para-hydroxylation sites is 1. The van der Waals surface area contributed by atoms with Crippen LogP contribution in [-0.4, -0.2) is 21.5 Å². The first-order chi connectivity index (χ1) is 9.59. The van der Waals surface area contributed by atoms with Crippen LogP contribution in [0.2, 0.25) is 0 Å². The van der Waals surface area contributed by atoms with E-state index in [9.17, 15) is 9.59 Å². The van der Waals surface area contributed by atoms with Crippen molar-refractivity contribution in [2.45, 2.75) is 16.6 Å². The van der Waals surface area contributed by atoms with Crippen molar-refractivity contribution in [3.63, 3.8) is 0 Å². The molecule has 2 N–H and O–H groups in total. The van der Waals surface area contributed by atoms with Crippen molar-refractivity contribution >= 4 is 45.7 Å². The molecule has 5 nitrogen and oxygen atoms in total. The molecule has 0 aliphatic carbocycles. The van der Waals surface area contributed by atoms with Gasteiger partial charge < -0.3 is 10.6 Å². The Bertz CT molecular complexity index is 672. The molecule has 1 aliphatic heterocycles. The van der Waals surface area contributed by atoms with Gasteiger partial charge in [0.25, 0.3) is 5.91 Å². The fourth-order valence-electron chi connectivity index (χ4n) is 1.82. The second-order valence-corrected chi connectivity index (χ2v) is 6.73. The van der Waals surface area contributed by atoms with Crippen molar-refractivity contribution in [3.05, 3.63) is 35.8 Å². The Morgan fingerprint density at radius 3 is 2.95 bits per heavy atom. The number of anilines is 2. The van der Waals surface area contributed by atoms with Crippen LogP contribution in [0.5, 0.6) is 0 Å². The second kappa shape index (κ2) is 4.92. The van der Waals surface area contributed by atoms with Gasteiger partial charge in [0.2, 0.25) is 5.91 Å². The quantitative estimate of drug-likeness (QED) is 0.837. The molecule has 2 heterocycles. The highest BCUT2D eigenvalue weighted by Crippen LogP contribution is 2.42. The zero-order chi connectivity index (χ0) is 14.2. The maximum Gasteiger partial charge on any atom is 0.252 e. The molecule has 0 radical (unpaired) electrons. The van der Waals surface area contributed by atoms with Crippen LogP contribution in [-0.2, 0) is 9.59 Å². The van der Waals surface area contributed by atoms with Crippen LogP contribution in [0.3, 0.4) is 0 Å². The van der Waals surface area contributed by atoms with Crippen molar-refractivity contribution in [1.82, 2.24) is 4.98 Å². The topological polar surface area (TPSA) is 71.1 Å². The van der Waals surface area contributed by atoms with E-state index in [2.05, 4.69) is 15.6 Å². The fraction of sp³-hybridized carbons (Fsp3) is 0.154. The molecule has 20 heavy (non-hydrogen) atoms. The molecular weight excluding hydrogens is 294 g/mol. The number of carbonyl (C=O) groups excluding carboxylic acids is 2. The minimum atomic E-state index is -1.21. The maximum absolute atomic E-state index is 12.4. The van der Waals surface area contributed by atoms with Gasteiger partial charge >= 0.3 is 0 Å². The summed E-state index contributed by atoms with van der Waals surface area (Å²) in [4.78, 5) is 29.5. The van der Waals surface area contributed by atoms with Crippen LogP contribution in [0.1, 0.15) is 6.92 Å². The van der Waals surface area contributed by atoms with Crippen LogP contribution >= 0.6 is 23.1 Å². The number of fused-ring (bicyclic) bond motifs is 1. The number of nitrogens with zero attached hydrogens (tertiary/aromatic N) is 1. The highest BCUT2D eigenvalue weighted by Gasteiger charge is 2.46. The third-order valence-corrected chi connectivity index (χ3v) is 5.01. The molecule has 1 atom stereocenters. The van der Waals surface area contributed by atoms with Crippen LogP contribution in [0.15, 0.2) is 40.7 Å². The molecule has 0 saturated heterocycles. The summed E-state index contributed by atoms with van der Waals surface area (Å²) < 4.78 is -1.21. The molecule has 0 saturated carbocycles. The second-order valence-electron chi connectivity index (χ2n) is 4.38. The van der Waals surface area contributed by atoms with Gasteiger partial charge in [0, 0.05) is 16.5 Å². The molecule has 1 unspecified atom stereocenters. The van der Waals surface area contributed by atoms with Gasteiger partial charge in [-0.25, -0.2) is 4.98 Å². The molecule has 0 spiro atoms. The molecule has 3 rings (SSSR count). The van der Waals surface area contributed by atoms with E-state index >= 15 is 0 Å². The van der Waals surface area contributed by atoms with Crippen molar-refractivity contribution in [2.75, 3.05) is 10.6 Å². The Hall–Kier alpha value is -1.86. The van der Waals surface area contributed by atoms with Crippen LogP contribution < -0.4 is 10.6 Å². The SMILES string of the molecule is CC1(C(=O)Nc2nccs2)Sc2ccccc2NC1=O. The lowest BCUT2D eigenvalue weighted by Crippen LogP contribution is -2.49. The summed E-state index contributed by atoms with van der Waals surface area (Å²) in [7, 11) is 0. The number of amides is 2. The first kappa shape index (κ1) is 13.1. The molecule has 7 heteroatoms. The van der Waals surface area contributed by atoms with Crippen molar-refractivity contribution in [2.24, 2.45) is 0 Å². The van der Waals surface area contributed by atoms with Gasteiger partial charge in [0.05, 0.1) is 5.69 Å². The number of rotatable bonds is 2. The van der Waals surface area contributed by atoms with Crippen molar-refractivity contribution in [1.29, 1.82) is 0 Å². The van der Waals surface area contributed by atoms with Crippen LogP contribution in [0, 0.1) is 0 Å². The minimum absolute atomic E-state index is 0.324. The first-order valence-electron chi connectivity index (χ1n) is 5.90. The lowest BCUT2D eigenvalue weighted by molar-refractivity contribution is -0.126. The molecule has 0 fully saturated rings. The maximum atomic E-state index is 12.4. The third-order valence-electron chi connectivity index (χ3n) is 2.97. The summed E-state index contributed by atoms with van der Waals surface area (Å²) in [5, 5.41) is 7.71. The van der Waals surface area contributed by atoms with Gasteiger partial charge in [-0.3, -0.25) is 9.59 Å². The number of benzene rings is 1. The monoisotopic (exact) mass is 305 g/mol. The fourth-order valence-corrected chi connectivity index (χ4v) is 3.44. The summed E-state index contributed by atoms with van der Waals surface area (Å²) in [6, 6.07) is 7.42. The van der Waals surface area contributed by atoms with Crippen molar-refractivity contribution < 1.29 is 9.59 Å². The molecule has 2 amide bonds. The Kier molecular flexibility index (Phi) is 3.23. The zero-order valence-corrected chi connectivity index (χ0v) is 12.2. The van der Waals surface area contributed by atoms with Crippen LogP contribution in [0.25, 0.3) is 0 Å². The predicted molar refractivity (Wildman–Crippen MR) is 80.1 cm³/mol. The smallest absolute Gasteiger partial charge is 0.252 e. The molecule has 1 aliphatic rings. The Balaban J connectivity index is 1.88. The normalized spacial score (nSPS) is 20.9. The molecule has 1 aromatic carbocycles. The molecule has 1 aromatic heterocycles. The van der Waals surface area contributed by atoms with Crippen LogP contribution in [0.4, 0.5) is 10.8 Å². The van der Waals surface area contributed by atoms with E-state index in [1.807, 2.05) is 24.3 Å². The van der Waals surface area contributed by atoms with E-state index < -0.39 is 4.75 Å². The highest BCUT2D eigenvalue weighted by atomic mass is 32.2. The van der Waals surface area contributed by atoms with Gasteiger partial charge in [0.1, 0.15) is 0 Å². The van der Waals surface area contributed by atoms with Crippen molar-refractivity contribution in [3.8, 4) is 0 Å². The van der Waals surface area contributed by atoms with E-state index in [0.717, 1.165) is 10.6 Å². The Morgan fingerprint density at radius 2 is 2.20 bits per heavy atom. The van der Waals surface area contributed by atoms with E-state index in [-0.39, 0.29) is 11.8 Å². The average molecular weight is 305 g/mol. The molecule has 2 aromatic rings. The summed E-state index contributed by atoms with van der Waals surface area (Å²) >= 11 is 2.57. The van der Waals surface area contributed by atoms with E-state index in [4.69, 9.17) is 0 Å². The summed E-state index contributed by atoms with van der Waals surface area (Å²) in [6.07, 6.45) is 1.60. The molecule has 102 valence electrons. The van der Waals surface area contributed by atoms with Gasteiger partial charge in [-0.1, -0.05) is 23.9 Å². The lowest BCUT2D eigenvalue weighted by Gasteiger charge is -2.31. The van der Waals surface area contributed by atoms with Gasteiger partial charge in [-0.15, -0.1) is 11.3 Å². The number of thiazole rings is 1. The Morgan fingerprint density at radius 1 is 1.40 bits per heavy atom. The number of thioether (sulfide) groups is 1. The van der Waals surface area contributed by atoms with E-state index in [1.54, 1.807) is 18.5 Å². The summed E-state index contributed by atoms with van der Waals surface area (Å²) in [5.41, 5.74) is 0.738. The molecule has 0 bridgehead atoms. The Labute approximate surface area is 123 Å². The number of aromatic nitrogens is 1. The summed E-state index contributed by atoms with van der Waals surface area (Å²) in [5.74, 6) is -0.695. The minimum Gasteiger partial charge on any atom is -0.323 e. The first-order valence-corrected chi connectivity index (χ1v) is 7.59. The largest absolute Gasteiger partial charge is 0.323 e. The number of carbonyl (C=O) groups is 2. The number of nitrogens with one attached hydrogen (secondary N) is 2. The highest BCUT2D eigenvalue weighted by molar-refractivity contribution is 8.02. The number of hydrogen-bond acceptors (Lipinski definition) is 5. The van der Waals surface area contributed by atoms with Gasteiger partial charge in [0.15, 0.2) is 9.88 Å². The zero-order valence-electron chi connectivity index (χ0n) is 10.5. The van der Waals surface area contributed by atoms with E-state index in [1.165, 1.54) is 23.1 Å². The lowest BCUT2D eigenvalue weighted by atomic mass is 10.1. The van der Waals surface area contributed by atoms with E-state index in [0.29, 0.717) is 5.13 Å². The average Bonchev–Trinajstić information content (AvgIpc) is 2.93. The third kappa shape index (κ3) is 2.19. The standard InChI is InChI=1S/C13H11N3O2S2/c1-13(11(18)16-12-14-6-7-19-12)10(17)15-8-4-2-3-5-9(8)20-13/h2-7H,1H3,(H,15,17)(H,14,16,18). The predicted octanol–water partition coefficient (Wildman–Crippen LogP) is 2.58. The molecular formula is C13H11N3O2S2.